The van der Waals surface area contributed by atoms with E-state index >= 15 is 0 Å². The third-order valence-corrected chi connectivity index (χ3v) is 3.85. The second kappa shape index (κ2) is 10.4. The molecule has 0 aliphatic heterocycles. The quantitative estimate of drug-likeness (QED) is 0.688. The molecule has 6 nitrogen and oxygen atoms in total. The molecule has 0 saturated heterocycles. The standard InChI is InChI=1S/C19H24N2O4.ClH/c1-23-16-9-6-14(18(24-2)19(16)25-3)10-11-21-17(22)12-13-4-7-15(20)8-5-13;/h4-9H,10-12,20H2,1-3H3,(H,21,22);1H. The summed E-state index contributed by atoms with van der Waals surface area (Å²) in [5, 5.41) is 2.91. The van der Waals surface area contributed by atoms with E-state index in [9.17, 15) is 4.79 Å². The van der Waals surface area contributed by atoms with Gasteiger partial charge in [-0.05, 0) is 30.2 Å². The Kier molecular flexibility index (Phi) is 8.58. The molecule has 3 N–H and O–H groups in total. The molecule has 142 valence electrons. The molecule has 0 aliphatic carbocycles. The molecule has 0 heterocycles. The van der Waals surface area contributed by atoms with Crippen molar-refractivity contribution in [2.45, 2.75) is 12.8 Å². The van der Waals surface area contributed by atoms with Crippen molar-refractivity contribution >= 4 is 24.0 Å². The molecule has 1 amide bonds. The summed E-state index contributed by atoms with van der Waals surface area (Å²) in [6.45, 7) is 0.500. The van der Waals surface area contributed by atoms with Gasteiger partial charge in [0, 0.05) is 17.8 Å². The van der Waals surface area contributed by atoms with Crippen molar-refractivity contribution in [1.82, 2.24) is 5.32 Å². The minimum absolute atomic E-state index is 0. The van der Waals surface area contributed by atoms with Gasteiger partial charge in [0.05, 0.1) is 27.8 Å². The molecule has 7 heteroatoms. The van der Waals surface area contributed by atoms with Crippen LogP contribution in [0.5, 0.6) is 17.2 Å². The lowest BCUT2D eigenvalue weighted by Crippen LogP contribution is -2.27. The van der Waals surface area contributed by atoms with Crippen molar-refractivity contribution in [2.75, 3.05) is 33.6 Å². The van der Waals surface area contributed by atoms with Crippen LogP contribution >= 0.6 is 12.4 Å². The Morgan fingerprint density at radius 1 is 0.962 bits per heavy atom. The van der Waals surface area contributed by atoms with Crippen LogP contribution in [0.4, 0.5) is 5.69 Å². The van der Waals surface area contributed by atoms with E-state index in [-0.39, 0.29) is 18.3 Å². The van der Waals surface area contributed by atoms with Crippen molar-refractivity contribution in [3.8, 4) is 17.2 Å². The maximum Gasteiger partial charge on any atom is 0.224 e. The number of ether oxygens (including phenoxy) is 3. The van der Waals surface area contributed by atoms with E-state index in [0.29, 0.717) is 42.3 Å². The molecule has 0 fully saturated rings. The van der Waals surface area contributed by atoms with Crippen LogP contribution in [0.2, 0.25) is 0 Å². The Labute approximate surface area is 160 Å². The topological polar surface area (TPSA) is 82.8 Å². The van der Waals surface area contributed by atoms with Gasteiger partial charge in [-0.1, -0.05) is 18.2 Å². The third kappa shape index (κ3) is 5.46. The summed E-state index contributed by atoms with van der Waals surface area (Å²) in [5.74, 6) is 1.74. The summed E-state index contributed by atoms with van der Waals surface area (Å²) in [5.41, 5.74) is 8.19. The van der Waals surface area contributed by atoms with Crippen LogP contribution in [0, 0.1) is 0 Å². The van der Waals surface area contributed by atoms with Crippen LogP contribution in [-0.2, 0) is 17.6 Å². The lowest BCUT2D eigenvalue weighted by atomic mass is 10.1. The summed E-state index contributed by atoms with van der Waals surface area (Å²) < 4.78 is 16.1. The number of methoxy groups -OCH3 is 3. The zero-order valence-electron chi connectivity index (χ0n) is 15.2. The highest BCUT2D eigenvalue weighted by atomic mass is 35.5. The SMILES string of the molecule is COc1ccc(CCNC(=O)Cc2ccc(N)cc2)c(OC)c1OC.Cl. The van der Waals surface area contributed by atoms with E-state index in [1.54, 1.807) is 33.5 Å². The second-order valence-electron chi connectivity index (χ2n) is 5.51. The van der Waals surface area contributed by atoms with Gasteiger partial charge in [0.2, 0.25) is 11.7 Å². The smallest absolute Gasteiger partial charge is 0.224 e. The molecular formula is C19H25ClN2O4. The third-order valence-electron chi connectivity index (χ3n) is 3.85. The fourth-order valence-electron chi connectivity index (χ4n) is 2.58. The van der Waals surface area contributed by atoms with Crippen molar-refractivity contribution in [1.29, 1.82) is 0 Å². The zero-order valence-corrected chi connectivity index (χ0v) is 16.0. The van der Waals surface area contributed by atoms with Crippen molar-refractivity contribution < 1.29 is 19.0 Å². The average molecular weight is 381 g/mol. The fraction of sp³-hybridized carbons (Fsp3) is 0.316. The number of halogens is 1. The van der Waals surface area contributed by atoms with Gasteiger partial charge in [0.1, 0.15) is 0 Å². The Bertz CT molecular complexity index is 720. The van der Waals surface area contributed by atoms with Gasteiger partial charge in [-0.25, -0.2) is 0 Å². The van der Waals surface area contributed by atoms with Gasteiger partial charge in [0.15, 0.2) is 11.5 Å². The van der Waals surface area contributed by atoms with Gasteiger partial charge in [-0.2, -0.15) is 0 Å². The molecular weight excluding hydrogens is 356 g/mol. The summed E-state index contributed by atoms with van der Waals surface area (Å²) in [6.07, 6.45) is 0.945. The lowest BCUT2D eigenvalue weighted by molar-refractivity contribution is -0.120. The Hall–Kier alpha value is -2.60. The number of anilines is 1. The summed E-state index contributed by atoms with van der Waals surface area (Å²) in [6, 6.07) is 11.0. The molecule has 0 radical (unpaired) electrons. The number of carbonyl (C=O) groups is 1. The molecule has 0 spiro atoms. The first-order valence-electron chi connectivity index (χ1n) is 7.98. The minimum atomic E-state index is -0.0378. The average Bonchev–Trinajstić information content (AvgIpc) is 2.62. The van der Waals surface area contributed by atoms with Crippen LogP contribution in [0.25, 0.3) is 0 Å². The first kappa shape index (κ1) is 21.4. The van der Waals surface area contributed by atoms with Gasteiger partial charge in [-0.15, -0.1) is 12.4 Å². The van der Waals surface area contributed by atoms with Gasteiger partial charge >= 0.3 is 0 Å². The van der Waals surface area contributed by atoms with Crippen LogP contribution in [0.1, 0.15) is 11.1 Å². The van der Waals surface area contributed by atoms with Crippen LogP contribution in [0.15, 0.2) is 36.4 Å². The lowest BCUT2D eigenvalue weighted by Gasteiger charge is -2.16. The molecule has 2 rings (SSSR count). The highest BCUT2D eigenvalue weighted by Gasteiger charge is 2.15. The highest BCUT2D eigenvalue weighted by molar-refractivity contribution is 5.85. The van der Waals surface area contributed by atoms with E-state index in [1.807, 2.05) is 24.3 Å². The van der Waals surface area contributed by atoms with E-state index in [0.717, 1.165) is 11.1 Å². The van der Waals surface area contributed by atoms with Crippen LogP contribution in [-0.4, -0.2) is 33.8 Å². The Morgan fingerprint density at radius 2 is 1.62 bits per heavy atom. The van der Waals surface area contributed by atoms with Crippen LogP contribution in [0.3, 0.4) is 0 Å². The van der Waals surface area contributed by atoms with Gasteiger partial charge < -0.3 is 25.3 Å². The number of nitrogens with one attached hydrogen (secondary N) is 1. The predicted octanol–water partition coefficient (Wildman–Crippen LogP) is 2.62. The Balaban J connectivity index is 0.00000338. The number of nitrogens with two attached hydrogens (primary N) is 1. The highest BCUT2D eigenvalue weighted by Crippen LogP contribution is 2.39. The number of hydrogen-bond donors (Lipinski definition) is 2. The van der Waals surface area contributed by atoms with Crippen molar-refractivity contribution in [3.63, 3.8) is 0 Å². The van der Waals surface area contributed by atoms with E-state index in [1.165, 1.54) is 0 Å². The minimum Gasteiger partial charge on any atom is -0.493 e. The first-order chi connectivity index (χ1) is 12.1. The first-order valence-corrected chi connectivity index (χ1v) is 7.98. The molecule has 0 aliphatic rings. The summed E-state index contributed by atoms with van der Waals surface area (Å²) in [7, 11) is 4.73. The monoisotopic (exact) mass is 380 g/mol. The molecule has 0 unspecified atom stereocenters. The van der Waals surface area contributed by atoms with E-state index < -0.39 is 0 Å². The Morgan fingerprint density at radius 3 is 2.19 bits per heavy atom. The zero-order chi connectivity index (χ0) is 18.2. The molecule has 26 heavy (non-hydrogen) atoms. The van der Waals surface area contributed by atoms with Crippen LogP contribution < -0.4 is 25.3 Å². The number of amides is 1. The fourth-order valence-corrected chi connectivity index (χ4v) is 2.58. The summed E-state index contributed by atoms with van der Waals surface area (Å²) in [4.78, 5) is 12.0. The largest absolute Gasteiger partial charge is 0.493 e. The predicted molar refractivity (Wildman–Crippen MR) is 105 cm³/mol. The molecule has 0 bridgehead atoms. The number of benzene rings is 2. The maximum atomic E-state index is 12.0. The van der Waals surface area contributed by atoms with E-state index in [2.05, 4.69) is 5.32 Å². The van der Waals surface area contributed by atoms with E-state index in [4.69, 9.17) is 19.9 Å². The normalized spacial score (nSPS) is 9.81. The van der Waals surface area contributed by atoms with Gasteiger partial charge in [0.25, 0.3) is 0 Å². The molecule has 0 atom stereocenters. The molecule has 2 aromatic carbocycles. The number of nitrogen functional groups attached to an aromatic ring is 1. The second-order valence-corrected chi connectivity index (χ2v) is 5.51. The number of hydrogen-bond acceptors (Lipinski definition) is 5. The maximum absolute atomic E-state index is 12.0. The molecule has 0 aromatic heterocycles. The molecule has 2 aromatic rings. The van der Waals surface area contributed by atoms with Crippen molar-refractivity contribution in [2.24, 2.45) is 0 Å². The van der Waals surface area contributed by atoms with Gasteiger partial charge in [-0.3, -0.25) is 4.79 Å². The number of carbonyl (C=O) groups excluding carboxylic acids is 1. The van der Waals surface area contributed by atoms with Crippen molar-refractivity contribution in [3.05, 3.63) is 47.5 Å². The molecule has 0 saturated carbocycles. The summed E-state index contributed by atoms with van der Waals surface area (Å²) >= 11 is 0. The number of rotatable bonds is 8.